The van der Waals surface area contributed by atoms with Crippen molar-refractivity contribution in [1.29, 1.82) is 0 Å². The molecule has 0 heterocycles. The molecule has 21 heavy (non-hydrogen) atoms. The zero-order valence-corrected chi connectivity index (χ0v) is 15.2. The number of hydrogen-bond donors (Lipinski definition) is 0. The minimum Gasteiger partial charge on any atom is -0.0999 e. The average molecular weight is 323 g/mol. The Labute approximate surface area is 138 Å². The van der Waals surface area contributed by atoms with E-state index in [1.807, 2.05) is 0 Å². The number of halogens is 2. The second-order valence-corrected chi connectivity index (χ2v) is 7.05. The number of rotatable bonds is 0. The lowest BCUT2D eigenvalue weighted by molar-refractivity contribution is 0.648. The lowest BCUT2D eigenvalue weighted by Crippen LogP contribution is -2.26. The summed E-state index contributed by atoms with van der Waals surface area (Å²) in [6.45, 7) is 12.6. The maximum Gasteiger partial charge on any atom is 0.136 e. The Balaban J connectivity index is 2.85. The van der Waals surface area contributed by atoms with Crippen molar-refractivity contribution in [2.24, 2.45) is 11.3 Å². The molecule has 114 valence electrons. The molecule has 0 N–H and O–H groups in total. The predicted octanol–water partition coefficient (Wildman–Crippen LogP) is 6.54. The minimum absolute atomic E-state index is 0.203. The Morgan fingerprint density at radius 1 is 0.714 bits per heavy atom. The zero-order chi connectivity index (χ0) is 16.0. The molecule has 2 rings (SSSR count). The molecule has 0 bridgehead atoms. The Hall–Kier alpha value is -0.720. The standard InChI is InChI=1S/C19H24Cl2/c1-7-13-14(8-2)16(10-4)18(12(6)19(18,20)21)17(11-5)15(13)9-3/h7-12H,1-6H3/b13-7?,14-8-,15-9+,16-10+,17-11+. The predicted molar refractivity (Wildman–Crippen MR) is 94.8 cm³/mol. The molecule has 0 aliphatic heterocycles. The van der Waals surface area contributed by atoms with Gasteiger partial charge in [0, 0.05) is 5.92 Å². The van der Waals surface area contributed by atoms with Gasteiger partial charge in [0.25, 0.3) is 0 Å². The van der Waals surface area contributed by atoms with Crippen LogP contribution in [0.1, 0.15) is 41.5 Å². The van der Waals surface area contributed by atoms with Crippen LogP contribution in [0.25, 0.3) is 0 Å². The van der Waals surface area contributed by atoms with Crippen LogP contribution in [-0.4, -0.2) is 4.33 Å². The van der Waals surface area contributed by atoms with Crippen molar-refractivity contribution in [3.63, 3.8) is 0 Å². The van der Waals surface area contributed by atoms with Gasteiger partial charge in [-0.3, -0.25) is 0 Å². The van der Waals surface area contributed by atoms with Crippen LogP contribution >= 0.6 is 23.2 Å². The van der Waals surface area contributed by atoms with Gasteiger partial charge in [-0.05, 0) is 62.5 Å². The molecule has 0 aromatic carbocycles. The summed E-state index contributed by atoms with van der Waals surface area (Å²) in [6.07, 6.45) is 10.9. The van der Waals surface area contributed by atoms with Crippen molar-refractivity contribution in [2.45, 2.75) is 45.9 Å². The van der Waals surface area contributed by atoms with Gasteiger partial charge in [0.1, 0.15) is 4.33 Å². The van der Waals surface area contributed by atoms with E-state index in [1.165, 1.54) is 27.9 Å². The van der Waals surface area contributed by atoms with Gasteiger partial charge in [-0.25, -0.2) is 0 Å². The molecule has 2 fully saturated rings. The number of alkyl halides is 2. The SMILES string of the molecule is CC=C1C(=C/C)/C(=C\C)C2(C(=C/C)/C1=C/C)C(C)C2(Cl)Cl. The molecule has 0 radical (unpaired) electrons. The van der Waals surface area contributed by atoms with Gasteiger partial charge >= 0.3 is 0 Å². The summed E-state index contributed by atoms with van der Waals surface area (Å²) < 4.78 is -0.738. The Morgan fingerprint density at radius 2 is 1.05 bits per heavy atom. The molecule has 2 saturated carbocycles. The molecule has 0 nitrogen and oxygen atoms in total. The van der Waals surface area contributed by atoms with Crippen molar-refractivity contribution >= 4 is 23.2 Å². The van der Waals surface area contributed by atoms with Crippen LogP contribution in [0.3, 0.4) is 0 Å². The van der Waals surface area contributed by atoms with Crippen molar-refractivity contribution in [3.05, 3.63) is 58.2 Å². The van der Waals surface area contributed by atoms with Crippen molar-refractivity contribution in [2.75, 3.05) is 0 Å². The van der Waals surface area contributed by atoms with Gasteiger partial charge in [0.2, 0.25) is 0 Å². The van der Waals surface area contributed by atoms with Crippen LogP contribution in [0.4, 0.5) is 0 Å². The Bertz CT molecular complexity index is 571. The first-order valence-corrected chi connectivity index (χ1v) is 8.37. The van der Waals surface area contributed by atoms with Crippen LogP contribution in [0.2, 0.25) is 0 Å². The van der Waals surface area contributed by atoms with Crippen molar-refractivity contribution in [3.8, 4) is 0 Å². The molecule has 1 spiro atoms. The van der Waals surface area contributed by atoms with E-state index in [4.69, 9.17) is 23.2 Å². The maximum absolute atomic E-state index is 6.72. The largest absolute Gasteiger partial charge is 0.136 e. The van der Waals surface area contributed by atoms with E-state index in [1.54, 1.807) is 0 Å². The highest BCUT2D eigenvalue weighted by atomic mass is 35.5. The molecule has 2 aliphatic carbocycles. The molecular formula is C19H24Cl2. The van der Waals surface area contributed by atoms with Crippen LogP contribution in [-0.2, 0) is 0 Å². The summed E-state index contributed by atoms with van der Waals surface area (Å²) in [5.74, 6) is 0.203. The van der Waals surface area contributed by atoms with Crippen molar-refractivity contribution < 1.29 is 0 Å². The lowest BCUT2D eigenvalue weighted by Gasteiger charge is -2.37. The Kier molecular flexibility index (Phi) is 4.35. The van der Waals surface area contributed by atoms with Gasteiger partial charge < -0.3 is 0 Å². The zero-order valence-electron chi connectivity index (χ0n) is 13.7. The van der Waals surface area contributed by atoms with Crippen LogP contribution < -0.4 is 0 Å². The highest BCUT2D eigenvalue weighted by Gasteiger charge is 2.78. The minimum atomic E-state index is -0.738. The van der Waals surface area contributed by atoms with Crippen LogP contribution in [0.15, 0.2) is 58.2 Å². The summed E-state index contributed by atoms with van der Waals surface area (Å²) in [4.78, 5) is 0. The van der Waals surface area contributed by atoms with E-state index in [-0.39, 0.29) is 11.3 Å². The van der Waals surface area contributed by atoms with Gasteiger partial charge in [-0.1, -0.05) is 60.5 Å². The molecule has 2 aliphatic rings. The molecule has 0 aromatic heterocycles. The first-order valence-electron chi connectivity index (χ1n) is 7.61. The fourth-order valence-corrected chi connectivity index (χ4v) is 5.06. The molecular weight excluding hydrogens is 299 g/mol. The summed E-state index contributed by atoms with van der Waals surface area (Å²) in [7, 11) is 0. The second-order valence-electron chi connectivity index (χ2n) is 5.66. The lowest BCUT2D eigenvalue weighted by atomic mass is 9.67. The molecule has 0 aromatic rings. The van der Waals surface area contributed by atoms with E-state index in [0.29, 0.717) is 0 Å². The highest BCUT2D eigenvalue weighted by molar-refractivity contribution is 6.52. The highest BCUT2D eigenvalue weighted by Crippen LogP contribution is 2.79. The van der Waals surface area contributed by atoms with E-state index in [2.05, 4.69) is 71.9 Å². The van der Waals surface area contributed by atoms with Gasteiger partial charge in [-0.2, -0.15) is 0 Å². The average Bonchev–Trinajstić information content (AvgIpc) is 2.91. The van der Waals surface area contributed by atoms with Crippen LogP contribution in [0, 0.1) is 11.3 Å². The quantitative estimate of drug-likeness (QED) is 0.444. The first-order chi connectivity index (χ1) is 9.89. The first kappa shape index (κ1) is 16.6. The summed E-state index contributed by atoms with van der Waals surface area (Å²) in [5, 5.41) is 0. The molecule has 0 amide bonds. The summed E-state index contributed by atoms with van der Waals surface area (Å²) in [6, 6.07) is 0. The topological polar surface area (TPSA) is 0 Å². The smallest absolute Gasteiger partial charge is 0.0999 e. The maximum atomic E-state index is 6.72. The number of hydrogen-bond acceptors (Lipinski definition) is 0. The molecule has 2 heteroatoms. The van der Waals surface area contributed by atoms with Gasteiger partial charge in [0.05, 0.1) is 5.41 Å². The van der Waals surface area contributed by atoms with Gasteiger partial charge in [0.15, 0.2) is 0 Å². The van der Waals surface area contributed by atoms with Crippen LogP contribution in [0.5, 0.6) is 0 Å². The third-order valence-electron chi connectivity index (χ3n) is 5.09. The van der Waals surface area contributed by atoms with Gasteiger partial charge in [-0.15, -0.1) is 0 Å². The number of allylic oxidation sites excluding steroid dienone is 10. The summed E-state index contributed by atoms with van der Waals surface area (Å²) in [5.41, 5.74) is 6.02. The van der Waals surface area contributed by atoms with E-state index < -0.39 is 4.33 Å². The van der Waals surface area contributed by atoms with E-state index in [0.717, 1.165) is 0 Å². The molecule has 2 unspecified atom stereocenters. The van der Waals surface area contributed by atoms with Crippen molar-refractivity contribution in [1.82, 2.24) is 0 Å². The molecule has 2 atom stereocenters. The fraction of sp³-hybridized carbons (Fsp3) is 0.474. The Morgan fingerprint density at radius 3 is 1.24 bits per heavy atom. The normalized spacial score (nSPS) is 41.0. The summed E-state index contributed by atoms with van der Waals surface area (Å²) >= 11 is 13.4. The second kappa shape index (κ2) is 5.48. The van der Waals surface area contributed by atoms with E-state index in [9.17, 15) is 0 Å². The van der Waals surface area contributed by atoms with E-state index >= 15 is 0 Å². The third-order valence-corrected chi connectivity index (χ3v) is 6.34. The fourth-order valence-electron chi connectivity index (χ4n) is 4.10. The molecule has 0 saturated heterocycles. The monoisotopic (exact) mass is 322 g/mol. The third kappa shape index (κ3) is 1.82.